The van der Waals surface area contributed by atoms with Gasteiger partial charge in [0.2, 0.25) is 0 Å². The normalized spacial score (nSPS) is 13.9. The fourth-order valence-electron chi connectivity index (χ4n) is 2.90. The molecule has 1 aliphatic heterocycles. The maximum Gasteiger partial charge on any atom is 0.317 e. The quantitative estimate of drug-likeness (QED) is 0.818. The number of carbonyl (C=O) groups excluding carboxylic acids is 1. The number of nitrogens with one attached hydrogen (secondary N) is 1. The Labute approximate surface area is 146 Å². The minimum atomic E-state index is -0.117. The van der Waals surface area contributed by atoms with Crippen molar-refractivity contribution in [2.45, 2.75) is 6.54 Å². The molecule has 0 saturated carbocycles. The molecule has 2 amide bonds. The summed E-state index contributed by atoms with van der Waals surface area (Å²) >= 11 is 0. The minimum Gasteiger partial charge on any atom is -0.491 e. The van der Waals surface area contributed by atoms with Gasteiger partial charge < -0.3 is 20.7 Å². The highest BCUT2D eigenvalue weighted by Crippen LogP contribution is 2.31. The first-order valence-corrected chi connectivity index (χ1v) is 8.03. The van der Waals surface area contributed by atoms with E-state index in [0.717, 1.165) is 28.0 Å². The summed E-state index contributed by atoms with van der Waals surface area (Å²) in [7, 11) is 3.32. The van der Waals surface area contributed by atoms with Crippen LogP contribution in [0.3, 0.4) is 0 Å². The topological polar surface area (TPSA) is 92.8 Å². The van der Waals surface area contributed by atoms with Crippen molar-refractivity contribution >= 4 is 18.1 Å². The number of urea groups is 1. The molecule has 3 rings (SSSR count). The zero-order valence-electron chi connectivity index (χ0n) is 14.3. The third kappa shape index (κ3) is 3.40. The van der Waals surface area contributed by atoms with Gasteiger partial charge in [0.25, 0.3) is 0 Å². The first-order chi connectivity index (χ1) is 12.1. The highest BCUT2D eigenvalue weighted by atomic mass is 16.5. The first-order valence-electron chi connectivity index (χ1n) is 8.03. The van der Waals surface area contributed by atoms with Gasteiger partial charge in [0.05, 0.1) is 13.1 Å². The molecule has 2 aromatic rings. The van der Waals surface area contributed by atoms with Crippen LogP contribution in [-0.2, 0) is 6.54 Å². The summed E-state index contributed by atoms with van der Waals surface area (Å²) in [6, 6.07) is 7.73. The summed E-state index contributed by atoms with van der Waals surface area (Å²) in [6.07, 6.45) is 3.38. The Morgan fingerprint density at radius 1 is 1.44 bits per heavy atom. The van der Waals surface area contributed by atoms with Crippen LogP contribution in [0.15, 0.2) is 35.5 Å². The summed E-state index contributed by atoms with van der Waals surface area (Å²) in [4.78, 5) is 21.9. The van der Waals surface area contributed by atoms with E-state index in [4.69, 9.17) is 10.5 Å². The van der Waals surface area contributed by atoms with Gasteiger partial charge in [-0.05, 0) is 29.3 Å². The molecule has 25 heavy (non-hydrogen) atoms. The SMILES string of the molecule is CN=Cc1c(-c2ccc3c(c2)CN(C(=O)NC)CCO3)ccnc1N. The largest absolute Gasteiger partial charge is 0.491 e. The van der Waals surface area contributed by atoms with Crippen molar-refractivity contribution in [2.24, 2.45) is 4.99 Å². The van der Waals surface area contributed by atoms with Crippen molar-refractivity contribution < 1.29 is 9.53 Å². The van der Waals surface area contributed by atoms with Crippen LogP contribution in [0, 0.1) is 0 Å². The second-order valence-corrected chi connectivity index (χ2v) is 5.69. The molecule has 7 heteroatoms. The average molecular weight is 339 g/mol. The number of benzene rings is 1. The number of amides is 2. The number of hydrogen-bond acceptors (Lipinski definition) is 5. The van der Waals surface area contributed by atoms with E-state index >= 15 is 0 Å². The number of fused-ring (bicyclic) bond motifs is 1. The number of hydrogen-bond donors (Lipinski definition) is 2. The van der Waals surface area contributed by atoms with Gasteiger partial charge in [-0.15, -0.1) is 0 Å². The standard InChI is InChI=1S/C18H21N5O2/c1-20-10-15-14(5-6-22-17(15)19)12-3-4-16-13(9-12)11-23(7-8-25-16)18(24)21-2/h3-6,9-10H,7-8,11H2,1-2H3,(H2,19,22)(H,21,24). The third-order valence-electron chi connectivity index (χ3n) is 4.13. The Morgan fingerprint density at radius 2 is 2.28 bits per heavy atom. The van der Waals surface area contributed by atoms with Crippen LogP contribution < -0.4 is 15.8 Å². The number of nitrogens with two attached hydrogens (primary N) is 1. The Kier molecular flexibility index (Phi) is 4.83. The molecule has 0 bridgehead atoms. The van der Waals surface area contributed by atoms with Crippen LogP contribution in [0.1, 0.15) is 11.1 Å². The monoisotopic (exact) mass is 339 g/mol. The van der Waals surface area contributed by atoms with Crippen LogP contribution in [0.4, 0.5) is 10.6 Å². The van der Waals surface area contributed by atoms with Crippen molar-refractivity contribution in [1.29, 1.82) is 0 Å². The molecule has 0 atom stereocenters. The number of aromatic nitrogens is 1. The number of carbonyl (C=O) groups is 1. The van der Waals surface area contributed by atoms with Crippen molar-refractivity contribution in [2.75, 3.05) is 33.0 Å². The molecule has 1 aromatic carbocycles. The molecule has 1 aliphatic rings. The molecule has 0 saturated heterocycles. The lowest BCUT2D eigenvalue weighted by Crippen LogP contribution is -2.38. The second kappa shape index (κ2) is 7.21. The molecule has 2 heterocycles. The molecule has 1 aromatic heterocycles. The zero-order chi connectivity index (χ0) is 17.8. The maximum atomic E-state index is 12.0. The fraction of sp³-hybridized carbons (Fsp3) is 0.278. The fourth-order valence-corrected chi connectivity index (χ4v) is 2.90. The number of aliphatic imine (C=N–C) groups is 1. The Morgan fingerprint density at radius 3 is 3.04 bits per heavy atom. The molecule has 0 fully saturated rings. The number of nitrogen functional groups attached to an aromatic ring is 1. The summed E-state index contributed by atoms with van der Waals surface area (Å²) < 4.78 is 5.78. The van der Waals surface area contributed by atoms with E-state index in [1.54, 1.807) is 31.4 Å². The van der Waals surface area contributed by atoms with Crippen molar-refractivity contribution in [3.8, 4) is 16.9 Å². The highest BCUT2D eigenvalue weighted by molar-refractivity contribution is 5.95. The molecule has 0 aliphatic carbocycles. The lowest BCUT2D eigenvalue weighted by molar-refractivity contribution is 0.190. The lowest BCUT2D eigenvalue weighted by atomic mass is 9.99. The van der Waals surface area contributed by atoms with E-state index in [1.807, 2.05) is 24.3 Å². The Bertz CT molecular complexity index is 819. The van der Waals surface area contributed by atoms with Crippen LogP contribution >= 0.6 is 0 Å². The van der Waals surface area contributed by atoms with Crippen LogP contribution in [0.2, 0.25) is 0 Å². The number of pyridine rings is 1. The van der Waals surface area contributed by atoms with Crippen molar-refractivity contribution in [3.63, 3.8) is 0 Å². The number of nitrogens with zero attached hydrogens (tertiary/aromatic N) is 3. The number of rotatable bonds is 2. The summed E-state index contributed by atoms with van der Waals surface area (Å²) in [5, 5.41) is 2.66. The van der Waals surface area contributed by atoms with Gasteiger partial charge in [-0.2, -0.15) is 0 Å². The summed E-state index contributed by atoms with van der Waals surface area (Å²) in [6.45, 7) is 1.50. The van der Waals surface area contributed by atoms with Gasteiger partial charge in [-0.3, -0.25) is 4.99 Å². The van der Waals surface area contributed by atoms with E-state index in [2.05, 4.69) is 15.3 Å². The molecule has 0 spiro atoms. The van der Waals surface area contributed by atoms with Crippen LogP contribution in [0.5, 0.6) is 5.75 Å². The van der Waals surface area contributed by atoms with E-state index < -0.39 is 0 Å². The average Bonchev–Trinajstić information content (AvgIpc) is 2.84. The van der Waals surface area contributed by atoms with Crippen LogP contribution in [-0.4, -0.2) is 49.4 Å². The van der Waals surface area contributed by atoms with Gasteiger partial charge in [0.15, 0.2) is 0 Å². The Balaban J connectivity index is 2.03. The predicted molar refractivity (Wildman–Crippen MR) is 98.0 cm³/mol. The smallest absolute Gasteiger partial charge is 0.317 e. The van der Waals surface area contributed by atoms with Gasteiger partial charge in [0.1, 0.15) is 18.2 Å². The second-order valence-electron chi connectivity index (χ2n) is 5.69. The molecular weight excluding hydrogens is 318 g/mol. The highest BCUT2D eigenvalue weighted by Gasteiger charge is 2.20. The first kappa shape index (κ1) is 16.8. The molecule has 7 nitrogen and oxygen atoms in total. The Hall–Kier alpha value is -3.09. The third-order valence-corrected chi connectivity index (χ3v) is 4.13. The number of anilines is 1. The maximum absolute atomic E-state index is 12.0. The van der Waals surface area contributed by atoms with Crippen molar-refractivity contribution in [1.82, 2.24) is 15.2 Å². The van der Waals surface area contributed by atoms with Gasteiger partial charge in [-0.25, -0.2) is 9.78 Å². The zero-order valence-corrected chi connectivity index (χ0v) is 14.3. The van der Waals surface area contributed by atoms with Crippen LogP contribution in [0.25, 0.3) is 11.1 Å². The lowest BCUT2D eigenvalue weighted by Gasteiger charge is -2.19. The van der Waals surface area contributed by atoms with Crippen molar-refractivity contribution in [3.05, 3.63) is 41.6 Å². The van der Waals surface area contributed by atoms with Gasteiger partial charge in [0, 0.05) is 37.6 Å². The molecule has 3 N–H and O–H groups in total. The van der Waals surface area contributed by atoms with E-state index in [1.165, 1.54) is 0 Å². The van der Waals surface area contributed by atoms with Gasteiger partial charge in [-0.1, -0.05) is 6.07 Å². The molecular formula is C18H21N5O2. The van der Waals surface area contributed by atoms with E-state index in [-0.39, 0.29) is 6.03 Å². The molecule has 0 radical (unpaired) electrons. The minimum absolute atomic E-state index is 0.117. The molecule has 130 valence electrons. The summed E-state index contributed by atoms with van der Waals surface area (Å²) in [5.41, 5.74) is 9.65. The van der Waals surface area contributed by atoms with E-state index in [9.17, 15) is 4.79 Å². The predicted octanol–water partition coefficient (Wildman–Crippen LogP) is 1.91. The number of ether oxygens (including phenoxy) is 1. The van der Waals surface area contributed by atoms with Gasteiger partial charge >= 0.3 is 6.03 Å². The van der Waals surface area contributed by atoms with E-state index in [0.29, 0.717) is 25.5 Å². The molecule has 0 unspecified atom stereocenters. The summed E-state index contributed by atoms with van der Waals surface area (Å²) in [5.74, 6) is 1.23.